The molecule has 0 saturated carbocycles. The third-order valence-corrected chi connectivity index (χ3v) is 2.25. The van der Waals surface area contributed by atoms with Crippen molar-refractivity contribution in [3.05, 3.63) is 17.6 Å². The second kappa shape index (κ2) is 3.63. The fourth-order valence-electron chi connectivity index (χ4n) is 0.906. The smallest absolute Gasteiger partial charge is 0.228 e. The van der Waals surface area contributed by atoms with Gasteiger partial charge in [0.05, 0.1) is 10.4 Å². The van der Waals surface area contributed by atoms with E-state index >= 15 is 0 Å². The van der Waals surface area contributed by atoms with Gasteiger partial charge in [0.25, 0.3) is 0 Å². The number of rotatable bonds is 3. The van der Waals surface area contributed by atoms with E-state index in [4.69, 9.17) is 10.3 Å². The molecule has 2 rings (SSSR count). The highest BCUT2D eigenvalue weighted by Crippen LogP contribution is 2.19. The zero-order valence-corrected chi connectivity index (χ0v) is 7.62. The predicted octanol–water partition coefficient (Wildman–Crippen LogP) is 0.694. The molecule has 0 bridgehead atoms. The van der Waals surface area contributed by atoms with E-state index in [1.54, 1.807) is 11.7 Å². The van der Waals surface area contributed by atoms with Gasteiger partial charge in [0.15, 0.2) is 0 Å². The largest absolute Gasteiger partial charge is 0.339 e. The molecule has 0 fully saturated rings. The summed E-state index contributed by atoms with van der Waals surface area (Å²) in [5.74, 6) is 1.16. The molecule has 0 unspecified atom stereocenters. The molecule has 13 heavy (non-hydrogen) atoms. The lowest BCUT2D eigenvalue weighted by atomic mass is 10.4. The van der Waals surface area contributed by atoms with Gasteiger partial charge in [-0.05, 0) is 0 Å². The fourth-order valence-corrected chi connectivity index (χ4v) is 1.45. The molecule has 0 aliphatic rings. The maximum absolute atomic E-state index is 5.35. The molecule has 2 heterocycles. The zero-order chi connectivity index (χ0) is 9.10. The molecule has 2 aromatic heterocycles. The number of nitrogens with zero attached hydrogens (tertiary/aromatic N) is 3. The van der Waals surface area contributed by atoms with Gasteiger partial charge in [-0.3, -0.25) is 4.98 Å². The van der Waals surface area contributed by atoms with E-state index in [0.29, 0.717) is 24.7 Å². The van der Waals surface area contributed by atoms with Crippen molar-refractivity contribution in [2.75, 3.05) is 6.54 Å². The second-order valence-corrected chi connectivity index (χ2v) is 3.30. The van der Waals surface area contributed by atoms with Crippen molar-refractivity contribution >= 4 is 11.3 Å². The van der Waals surface area contributed by atoms with Gasteiger partial charge < -0.3 is 10.3 Å². The van der Waals surface area contributed by atoms with Crippen molar-refractivity contribution < 1.29 is 4.52 Å². The Morgan fingerprint density at radius 1 is 1.54 bits per heavy atom. The molecular formula is C7H8N4OS. The summed E-state index contributed by atoms with van der Waals surface area (Å²) < 4.78 is 4.97. The molecule has 0 atom stereocenters. The topological polar surface area (TPSA) is 77.8 Å². The normalized spacial score (nSPS) is 10.5. The minimum absolute atomic E-state index is 0.518. The summed E-state index contributed by atoms with van der Waals surface area (Å²) in [6.45, 7) is 0.518. The van der Waals surface area contributed by atoms with Crippen LogP contribution in [0.15, 0.2) is 16.2 Å². The van der Waals surface area contributed by atoms with Crippen molar-refractivity contribution in [1.82, 2.24) is 15.1 Å². The first-order valence-electron chi connectivity index (χ1n) is 3.81. The number of nitrogens with two attached hydrogens (primary N) is 1. The van der Waals surface area contributed by atoms with Gasteiger partial charge in [-0.25, -0.2) is 0 Å². The van der Waals surface area contributed by atoms with E-state index in [2.05, 4.69) is 15.1 Å². The summed E-state index contributed by atoms with van der Waals surface area (Å²) in [6.07, 6.45) is 2.33. The van der Waals surface area contributed by atoms with Gasteiger partial charge in [-0.2, -0.15) is 4.98 Å². The first-order valence-corrected chi connectivity index (χ1v) is 4.69. The quantitative estimate of drug-likeness (QED) is 0.781. The van der Waals surface area contributed by atoms with Crippen LogP contribution in [0.25, 0.3) is 10.7 Å². The predicted molar refractivity (Wildman–Crippen MR) is 48.2 cm³/mol. The summed E-state index contributed by atoms with van der Waals surface area (Å²) in [6, 6.07) is 0. The van der Waals surface area contributed by atoms with E-state index in [1.165, 1.54) is 11.3 Å². The number of hydrogen-bond acceptors (Lipinski definition) is 6. The van der Waals surface area contributed by atoms with Crippen LogP contribution in [0.4, 0.5) is 0 Å². The monoisotopic (exact) mass is 196 g/mol. The average Bonchev–Trinajstić information content (AvgIpc) is 2.70. The second-order valence-electron chi connectivity index (χ2n) is 2.42. The maximum Gasteiger partial charge on any atom is 0.228 e. The summed E-state index contributed by atoms with van der Waals surface area (Å²) in [5.41, 5.74) is 7.08. The van der Waals surface area contributed by atoms with Crippen LogP contribution in [-0.4, -0.2) is 21.7 Å². The van der Waals surface area contributed by atoms with Crippen molar-refractivity contribution in [2.45, 2.75) is 6.42 Å². The van der Waals surface area contributed by atoms with Crippen molar-refractivity contribution in [3.8, 4) is 10.7 Å². The molecule has 0 amide bonds. The van der Waals surface area contributed by atoms with Crippen molar-refractivity contribution in [3.63, 3.8) is 0 Å². The third kappa shape index (κ3) is 1.73. The minimum atomic E-state index is 0.518. The van der Waals surface area contributed by atoms with Crippen LogP contribution in [-0.2, 0) is 6.42 Å². The lowest BCUT2D eigenvalue weighted by Gasteiger charge is -1.83. The Labute approximate surface area is 78.6 Å². The summed E-state index contributed by atoms with van der Waals surface area (Å²) in [4.78, 5) is 8.99. The summed E-state index contributed by atoms with van der Waals surface area (Å²) >= 11 is 1.48. The van der Waals surface area contributed by atoms with Crippen molar-refractivity contribution in [1.29, 1.82) is 0 Å². The molecule has 0 spiro atoms. The number of hydrogen-bond donors (Lipinski definition) is 1. The Morgan fingerprint density at radius 2 is 2.46 bits per heavy atom. The molecule has 6 heteroatoms. The zero-order valence-electron chi connectivity index (χ0n) is 6.80. The molecule has 0 saturated heterocycles. The van der Waals surface area contributed by atoms with Crippen LogP contribution in [0.1, 0.15) is 5.89 Å². The summed E-state index contributed by atoms with van der Waals surface area (Å²) in [7, 11) is 0. The molecule has 5 nitrogen and oxygen atoms in total. The third-order valence-electron chi connectivity index (χ3n) is 1.48. The highest BCUT2D eigenvalue weighted by atomic mass is 32.1. The molecule has 0 aromatic carbocycles. The van der Waals surface area contributed by atoms with E-state index < -0.39 is 0 Å². The first kappa shape index (κ1) is 8.33. The minimum Gasteiger partial charge on any atom is -0.339 e. The molecule has 68 valence electrons. The Hall–Kier alpha value is -1.27. The van der Waals surface area contributed by atoms with Crippen LogP contribution in [0.2, 0.25) is 0 Å². The number of aromatic nitrogens is 3. The van der Waals surface area contributed by atoms with Crippen LogP contribution in [0, 0.1) is 0 Å². The molecule has 0 aliphatic carbocycles. The first-order chi connectivity index (χ1) is 6.40. The van der Waals surface area contributed by atoms with E-state index in [9.17, 15) is 0 Å². The summed E-state index contributed by atoms with van der Waals surface area (Å²) in [5, 5.41) is 3.81. The van der Waals surface area contributed by atoms with Crippen LogP contribution >= 0.6 is 11.3 Å². The van der Waals surface area contributed by atoms with Crippen LogP contribution < -0.4 is 5.73 Å². The van der Waals surface area contributed by atoms with Gasteiger partial charge in [-0.15, -0.1) is 11.3 Å². The Balaban J connectivity index is 2.23. The van der Waals surface area contributed by atoms with E-state index in [0.717, 1.165) is 4.88 Å². The Bertz CT molecular complexity index is 370. The standard InChI is InChI=1S/C7H8N4OS/c8-2-1-6-10-7(11-12-6)5-3-9-4-13-5/h3-4H,1-2,8H2. The number of thiazole rings is 1. The molecule has 2 aromatic rings. The Kier molecular flexibility index (Phi) is 2.33. The lowest BCUT2D eigenvalue weighted by Crippen LogP contribution is -2.02. The van der Waals surface area contributed by atoms with Crippen LogP contribution in [0.3, 0.4) is 0 Å². The van der Waals surface area contributed by atoms with Gasteiger partial charge in [0.1, 0.15) is 0 Å². The fraction of sp³-hybridized carbons (Fsp3) is 0.286. The average molecular weight is 196 g/mol. The van der Waals surface area contributed by atoms with Gasteiger partial charge in [0.2, 0.25) is 11.7 Å². The highest BCUT2D eigenvalue weighted by Gasteiger charge is 2.08. The van der Waals surface area contributed by atoms with Gasteiger partial charge in [-0.1, -0.05) is 5.16 Å². The highest BCUT2D eigenvalue weighted by molar-refractivity contribution is 7.13. The Morgan fingerprint density at radius 3 is 3.15 bits per heavy atom. The van der Waals surface area contributed by atoms with E-state index in [1.807, 2.05) is 0 Å². The van der Waals surface area contributed by atoms with E-state index in [-0.39, 0.29) is 0 Å². The molecule has 0 radical (unpaired) electrons. The molecule has 2 N–H and O–H groups in total. The SMILES string of the molecule is NCCc1nc(-c2cncs2)no1. The maximum atomic E-state index is 5.35. The molecular weight excluding hydrogens is 188 g/mol. The van der Waals surface area contributed by atoms with Crippen molar-refractivity contribution in [2.24, 2.45) is 5.73 Å². The van der Waals surface area contributed by atoms with Gasteiger partial charge >= 0.3 is 0 Å². The lowest BCUT2D eigenvalue weighted by molar-refractivity contribution is 0.380. The van der Waals surface area contributed by atoms with Crippen LogP contribution in [0.5, 0.6) is 0 Å². The molecule has 0 aliphatic heterocycles. The van der Waals surface area contributed by atoms with Gasteiger partial charge in [0, 0.05) is 19.2 Å².